The molecule has 0 aliphatic rings. The number of rotatable bonds is 3. The number of thiazole rings is 1. The predicted octanol–water partition coefficient (Wildman–Crippen LogP) is 2.94. The number of nitrogens with one attached hydrogen (secondary N) is 2. The summed E-state index contributed by atoms with van der Waals surface area (Å²) in [7, 11) is 0. The topological polar surface area (TPSA) is 53.6 Å². The number of hydrogen-bond acceptors (Lipinski definition) is 4. The smallest absolute Gasteiger partial charge is 0.112 e. The first kappa shape index (κ1) is 10.3. The van der Waals surface area contributed by atoms with Crippen LogP contribution >= 0.6 is 11.3 Å². The molecule has 0 radical (unpaired) electrons. The number of benzene rings is 1. The van der Waals surface area contributed by atoms with Crippen molar-refractivity contribution in [3.05, 3.63) is 40.5 Å². The lowest BCUT2D eigenvalue weighted by Gasteiger charge is -2.03. The molecule has 0 amide bonds. The number of nitrogens with zero attached hydrogens (tertiary/aromatic N) is 2. The normalized spacial score (nSPS) is 10.9. The molecule has 2 aromatic heterocycles. The van der Waals surface area contributed by atoms with Gasteiger partial charge >= 0.3 is 0 Å². The Morgan fingerprint density at radius 2 is 2.35 bits per heavy atom. The number of H-pyrrole nitrogens is 1. The molecule has 0 aliphatic carbocycles. The number of fused-ring (bicyclic) bond motifs is 1. The highest BCUT2D eigenvalue weighted by molar-refractivity contribution is 7.09. The van der Waals surface area contributed by atoms with Gasteiger partial charge in [-0.1, -0.05) is 0 Å². The minimum atomic E-state index is 0.762. The zero-order valence-electron chi connectivity index (χ0n) is 9.40. The Morgan fingerprint density at radius 1 is 1.41 bits per heavy atom. The van der Waals surface area contributed by atoms with Crippen LogP contribution in [0.3, 0.4) is 0 Å². The third-order valence-corrected chi connectivity index (χ3v) is 3.52. The summed E-state index contributed by atoms with van der Waals surface area (Å²) in [5.74, 6) is 0. The number of hydrogen-bond donors (Lipinski definition) is 2. The van der Waals surface area contributed by atoms with Gasteiger partial charge in [-0.05, 0) is 25.1 Å². The monoisotopic (exact) mass is 244 g/mol. The molecule has 0 bridgehead atoms. The molecule has 2 N–H and O–H groups in total. The Kier molecular flexibility index (Phi) is 2.53. The zero-order chi connectivity index (χ0) is 11.7. The Hall–Kier alpha value is -1.88. The van der Waals surface area contributed by atoms with Gasteiger partial charge in [0.05, 0.1) is 18.3 Å². The van der Waals surface area contributed by atoms with Gasteiger partial charge in [0.1, 0.15) is 5.01 Å². The summed E-state index contributed by atoms with van der Waals surface area (Å²) in [6, 6.07) is 6.16. The summed E-state index contributed by atoms with van der Waals surface area (Å²) in [5.41, 5.74) is 3.20. The van der Waals surface area contributed by atoms with E-state index >= 15 is 0 Å². The number of aryl methyl sites for hydroxylation is 1. The third kappa shape index (κ3) is 2.14. The van der Waals surface area contributed by atoms with Crippen LogP contribution in [0.4, 0.5) is 5.69 Å². The molecular formula is C12H12N4S. The van der Waals surface area contributed by atoms with E-state index in [1.165, 1.54) is 0 Å². The molecule has 0 saturated heterocycles. The molecular weight excluding hydrogens is 232 g/mol. The average Bonchev–Trinajstić information content (AvgIpc) is 2.94. The fourth-order valence-electron chi connectivity index (χ4n) is 1.71. The van der Waals surface area contributed by atoms with Gasteiger partial charge in [0, 0.05) is 22.1 Å². The van der Waals surface area contributed by atoms with Crippen LogP contribution in [0.1, 0.15) is 10.7 Å². The fourth-order valence-corrected chi connectivity index (χ4v) is 2.42. The first-order chi connectivity index (χ1) is 8.31. The molecule has 0 saturated carbocycles. The van der Waals surface area contributed by atoms with Gasteiger partial charge in [0.15, 0.2) is 0 Å². The van der Waals surface area contributed by atoms with Crippen LogP contribution in [0, 0.1) is 6.92 Å². The van der Waals surface area contributed by atoms with Crippen molar-refractivity contribution < 1.29 is 0 Å². The second-order valence-corrected chi connectivity index (χ2v) is 4.85. The zero-order valence-corrected chi connectivity index (χ0v) is 10.2. The highest BCUT2D eigenvalue weighted by Gasteiger charge is 2.00. The van der Waals surface area contributed by atoms with Crippen molar-refractivity contribution in [2.45, 2.75) is 13.5 Å². The van der Waals surface area contributed by atoms with Crippen LogP contribution in [-0.2, 0) is 6.54 Å². The Bertz CT molecular complexity index is 641. The summed E-state index contributed by atoms with van der Waals surface area (Å²) in [4.78, 5) is 4.41. The first-order valence-electron chi connectivity index (χ1n) is 5.39. The van der Waals surface area contributed by atoms with Crippen molar-refractivity contribution >= 4 is 27.9 Å². The molecule has 0 unspecified atom stereocenters. The van der Waals surface area contributed by atoms with E-state index in [0.29, 0.717) is 0 Å². The highest BCUT2D eigenvalue weighted by Crippen LogP contribution is 2.18. The van der Waals surface area contributed by atoms with Crippen LogP contribution in [-0.4, -0.2) is 15.2 Å². The molecule has 0 spiro atoms. The van der Waals surface area contributed by atoms with Crippen LogP contribution in [0.25, 0.3) is 10.9 Å². The highest BCUT2D eigenvalue weighted by atomic mass is 32.1. The van der Waals surface area contributed by atoms with Gasteiger partial charge in [-0.25, -0.2) is 4.98 Å². The number of anilines is 1. The van der Waals surface area contributed by atoms with Crippen LogP contribution in [0.2, 0.25) is 0 Å². The molecule has 1 aromatic carbocycles. The van der Waals surface area contributed by atoms with Gasteiger partial charge in [-0.15, -0.1) is 11.3 Å². The molecule has 2 heterocycles. The summed E-state index contributed by atoms with van der Waals surface area (Å²) in [6.45, 7) is 2.77. The number of aromatic nitrogens is 3. The van der Waals surface area contributed by atoms with E-state index in [1.807, 2.05) is 19.2 Å². The fraction of sp³-hybridized carbons (Fsp3) is 0.167. The second kappa shape index (κ2) is 4.18. The lowest BCUT2D eigenvalue weighted by atomic mass is 10.2. The lowest BCUT2D eigenvalue weighted by molar-refractivity contribution is 1.08. The van der Waals surface area contributed by atoms with Gasteiger partial charge < -0.3 is 5.32 Å². The van der Waals surface area contributed by atoms with Crippen molar-refractivity contribution in [3.63, 3.8) is 0 Å². The maximum Gasteiger partial charge on any atom is 0.112 e. The molecule has 0 aliphatic heterocycles. The molecule has 3 aromatic rings. The average molecular weight is 244 g/mol. The van der Waals surface area contributed by atoms with Crippen molar-refractivity contribution in [1.29, 1.82) is 0 Å². The third-order valence-electron chi connectivity index (χ3n) is 2.55. The maximum absolute atomic E-state index is 4.41. The summed E-state index contributed by atoms with van der Waals surface area (Å²) >= 11 is 1.68. The molecule has 0 fully saturated rings. The van der Waals surface area contributed by atoms with Gasteiger partial charge in [-0.2, -0.15) is 5.10 Å². The minimum Gasteiger partial charge on any atom is -0.378 e. The molecule has 0 atom stereocenters. The van der Waals surface area contributed by atoms with Gasteiger partial charge in [0.25, 0.3) is 0 Å². The molecule has 3 rings (SSSR count). The predicted molar refractivity (Wildman–Crippen MR) is 70.3 cm³/mol. The van der Waals surface area contributed by atoms with Gasteiger partial charge in [-0.3, -0.25) is 5.10 Å². The van der Waals surface area contributed by atoms with Crippen molar-refractivity contribution in [2.75, 3.05) is 5.32 Å². The lowest BCUT2D eigenvalue weighted by Crippen LogP contribution is -1.98. The Morgan fingerprint density at radius 3 is 3.18 bits per heavy atom. The van der Waals surface area contributed by atoms with E-state index in [-0.39, 0.29) is 0 Å². The first-order valence-corrected chi connectivity index (χ1v) is 6.27. The minimum absolute atomic E-state index is 0.762. The SMILES string of the molecule is Cc1csc(CNc2ccc3cn[nH]c3c2)n1. The standard InChI is InChI=1S/C12H12N4S/c1-8-7-17-12(15-8)6-13-10-3-2-9-5-14-16-11(9)4-10/h2-5,7,13H,6H2,1H3,(H,14,16). The number of aromatic amines is 1. The summed E-state index contributed by atoms with van der Waals surface area (Å²) in [5, 5.41) is 14.6. The van der Waals surface area contributed by atoms with E-state index in [1.54, 1.807) is 11.3 Å². The van der Waals surface area contributed by atoms with Crippen molar-refractivity contribution in [1.82, 2.24) is 15.2 Å². The maximum atomic E-state index is 4.41. The Balaban J connectivity index is 1.76. The quantitative estimate of drug-likeness (QED) is 0.744. The van der Waals surface area contributed by atoms with Crippen LogP contribution in [0.15, 0.2) is 29.8 Å². The van der Waals surface area contributed by atoms with Crippen LogP contribution in [0.5, 0.6) is 0 Å². The van der Waals surface area contributed by atoms with Crippen molar-refractivity contribution in [3.8, 4) is 0 Å². The molecule has 17 heavy (non-hydrogen) atoms. The van der Waals surface area contributed by atoms with E-state index in [0.717, 1.165) is 33.8 Å². The second-order valence-electron chi connectivity index (χ2n) is 3.91. The summed E-state index contributed by atoms with van der Waals surface area (Å²) in [6.07, 6.45) is 1.82. The molecule has 4 nitrogen and oxygen atoms in total. The summed E-state index contributed by atoms with van der Waals surface area (Å²) < 4.78 is 0. The van der Waals surface area contributed by atoms with Crippen molar-refractivity contribution in [2.24, 2.45) is 0 Å². The molecule has 86 valence electrons. The van der Waals surface area contributed by atoms with E-state index < -0.39 is 0 Å². The largest absolute Gasteiger partial charge is 0.378 e. The molecule has 5 heteroatoms. The van der Waals surface area contributed by atoms with Gasteiger partial charge in [0.2, 0.25) is 0 Å². The van der Waals surface area contributed by atoms with E-state index in [2.05, 4.69) is 38.0 Å². The van der Waals surface area contributed by atoms with E-state index in [9.17, 15) is 0 Å². The van der Waals surface area contributed by atoms with Crippen LogP contribution < -0.4 is 5.32 Å². The van der Waals surface area contributed by atoms with E-state index in [4.69, 9.17) is 0 Å². The Labute approximate surface area is 103 Å².